The highest BCUT2D eigenvalue weighted by molar-refractivity contribution is 5.95. The molecular weight excluding hydrogens is 306 g/mol. The van der Waals surface area contributed by atoms with Crippen LogP contribution in [0, 0.1) is 0 Å². The van der Waals surface area contributed by atoms with Crippen molar-refractivity contribution in [1.82, 2.24) is 14.8 Å². The normalized spacial score (nSPS) is 10.0. The second-order valence-electron chi connectivity index (χ2n) is 4.16. The largest absolute Gasteiger partial charge is 0.465 e. The van der Waals surface area contributed by atoms with E-state index in [-0.39, 0.29) is 22.9 Å². The summed E-state index contributed by atoms with van der Waals surface area (Å²) in [4.78, 5) is 39.1. The number of benzene rings is 1. The summed E-state index contributed by atoms with van der Waals surface area (Å²) in [5.41, 5.74) is 0.351. The number of para-hydroxylation sites is 1. The Morgan fingerprint density at radius 2 is 1.52 bits per heavy atom. The zero-order valence-corrected chi connectivity index (χ0v) is 12.6. The molecule has 0 radical (unpaired) electrons. The topological polar surface area (TPSA) is 110 Å². The highest BCUT2D eigenvalue weighted by Crippen LogP contribution is 2.17. The molecule has 0 bridgehead atoms. The molecular formula is C14H13N3O6. The minimum absolute atomic E-state index is 0.140. The van der Waals surface area contributed by atoms with Crippen molar-refractivity contribution in [3.8, 4) is 5.69 Å². The SMILES string of the molecule is COC(=O)c1nc(C(=O)OC)n(-c2ccccc2C(=O)OC)n1. The van der Waals surface area contributed by atoms with E-state index in [9.17, 15) is 14.4 Å². The zero-order chi connectivity index (χ0) is 17.0. The van der Waals surface area contributed by atoms with E-state index < -0.39 is 17.9 Å². The molecule has 0 aliphatic rings. The number of hydrogen-bond acceptors (Lipinski definition) is 8. The fraction of sp³-hybridized carbons (Fsp3) is 0.214. The monoisotopic (exact) mass is 319 g/mol. The molecule has 1 aromatic carbocycles. The molecule has 0 saturated heterocycles. The van der Waals surface area contributed by atoms with Crippen molar-refractivity contribution in [3.05, 3.63) is 41.5 Å². The van der Waals surface area contributed by atoms with Crippen LogP contribution in [0.3, 0.4) is 0 Å². The van der Waals surface area contributed by atoms with E-state index in [1.807, 2.05) is 0 Å². The van der Waals surface area contributed by atoms with Crippen molar-refractivity contribution >= 4 is 17.9 Å². The third kappa shape index (κ3) is 3.03. The summed E-state index contributed by atoms with van der Waals surface area (Å²) in [5.74, 6) is -2.90. The number of hydrogen-bond donors (Lipinski definition) is 0. The first kappa shape index (κ1) is 16.1. The lowest BCUT2D eigenvalue weighted by Crippen LogP contribution is -2.15. The highest BCUT2D eigenvalue weighted by Gasteiger charge is 2.25. The van der Waals surface area contributed by atoms with E-state index in [1.165, 1.54) is 19.2 Å². The predicted octanol–water partition coefficient (Wildman–Crippen LogP) is 0.627. The summed E-state index contributed by atoms with van der Waals surface area (Å²) in [7, 11) is 3.54. The van der Waals surface area contributed by atoms with Gasteiger partial charge in [-0.15, -0.1) is 5.10 Å². The van der Waals surface area contributed by atoms with Crippen LogP contribution < -0.4 is 0 Å². The molecule has 120 valence electrons. The van der Waals surface area contributed by atoms with Gasteiger partial charge in [0.15, 0.2) is 0 Å². The average Bonchev–Trinajstić information content (AvgIpc) is 3.04. The number of ether oxygens (including phenoxy) is 3. The fourth-order valence-corrected chi connectivity index (χ4v) is 1.82. The van der Waals surface area contributed by atoms with Crippen molar-refractivity contribution in [2.75, 3.05) is 21.3 Å². The van der Waals surface area contributed by atoms with E-state index in [4.69, 9.17) is 4.74 Å². The minimum atomic E-state index is -0.829. The maximum absolute atomic E-state index is 11.9. The summed E-state index contributed by atoms with van der Waals surface area (Å²) in [6.45, 7) is 0. The molecule has 23 heavy (non-hydrogen) atoms. The number of methoxy groups -OCH3 is 3. The lowest BCUT2D eigenvalue weighted by atomic mass is 10.2. The molecule has 9 nitrogen and oxygen atoms in total. The van der Waals surface area contributed by atoms with Gasteiger partial charge in [-0.25, -0.2) is 19.1 Å². The van der Waals surface area contributed by atoms with Crippen LogP contribution >= 0.6 is 0 Å². The van der Waals surface area contributed by atoms with Crippen molar-refractivity contribution in [1.29, 1.82) is 0 Å². The number of aromatic nitrogens is 3. The number of rotatable bonds is 4. The molecule has 1 aromatic heterocycles. The van der Waals surface area contributed by atoms with Gasteiger partial charge in [0, 0.05) is 0 Å². The van der Waals surface area contributed by atoms with Gasteiger partial charge in [-0.05, 0) is 12.1 Å². The van der Waals surface area contributed by atoms with Crippen molar-refractivity contribution in [3.63, 3.8) is 0 Å². The van der Waals surface area contributed by atoms with Gasteiger partial charge >= 0.3 is 17.9 Å². The second-order valence-corrected chi connectivity index (χ2v) is 4.16. The van der Waals surface area contributed by atoms with Crippen LogP contribution in [0.25, 0.3) is 5.69 Å². The average molecular weight is 319 g/mol. The van der Waals surface area contributed by atoms with Gasteiger partial charge in [0.1, 0.15) is 0 Å². The summed E-state index contributed by atoms with van der Waals surface area (Å²) in [6.07, 6.45) is 0. The van der Waals surface area contributed by atoms with Crippen LogP contribution in [0.15, 0.2) is 24.3 Å². The van der Waals surface area contributed by atoms with Gasteiger partial charge in [-0.1, -0.05) is 12.1 Å². The van der Waals surface area contributed by atoms with E-state index in [1.54, 1.807) is 12.1 Å². The summed E-state index contributed by atoms with van der Waals surface area (Å²) >= 11 is 0. The van der Waals surface area contributed by atoms with E-state index >= 15 is 0 Å². The number of esters is 3. The maximum Gasteiger partial charge on any atom is 0.377 e. The van der Waals surface area contributed by atoms with Gasteiger partial charge in [0.2, 0.25) is 5.82 Å². The Labute approximate surface area is 130 Å². The molecule has 0 saturated carbocycles. The Morgan fingerprint density at radius 1 is 0.913 bits per heavy atom. The van der Waals surface area contributed by atoms with Crippen LogP contribution in [-0.2, 0) is 14.2 Å². The standard InChI is InChI=1S/C14H13N3O6/c1-21-12(18)8-6-4-5-7-9(8)17-11(14(20)23-3)15-10(16-17)13(19)22-2/h4-7H,1-3H3. The van der Waals surface area contributed by atoms with Gasteiger partial charge in [0.05, 0.1) is 32.6 Å². The first-order valence-corrected chi connectivity index (χ1v) is 6.34. The minimum Gasteiger partial charge on any atom is -0.465 e. The van der Waals surface area contributed by atoms with Crippen LogP contribution in [-0.4, -0.2) is 54.0 Å². The zero-order valence-electron chi connectivity index (χ0n) is 12.6. The molecule has 0 aliphatic carbocycles. The van der Waals surface area contributed by atoms with Crippen LogP contribution in [0.4, 0.5) is 0 Å². The highest BCUT2D eigenvalue weighted by atomic mass is 16.5. The van der Waals surface area contributed by atoms with Gasteiger partial charge in [0.25, 0.3) is 5.82 Å². The molecule has 0 unspecified atom stereocenters. The lowest BCUT2D eigenvalue weighted by Gasteiger charge is -2.08. The van der Waals surface area contributed by atoms with Crippen molar-refractivity contribution < 1.29 is 28.6 Å². The Kier molecular flexibility index (Phi) is 4.69. The Balaban J connectivity index is 2.67. The number of carbonyl (C=O) groups excluding carboxylic acids is 3. The first-order valence-electron chi connectivity index (χ1n) is 6.34. The van der Waals surface area contributed by atoms with Crippen molar-refractivity contribution in [2.24, 2.45) is 0 Å². The van der Waals surface area contributed by atoms with E-state index in [0.717, 1.165) is 18.9 Å². The fourth-order valence-electron chi connectivity index (χ4n) is 1.82. The smallest absolute Gasteiger partial charge is 0.377 e. The van der Waals surface area contributed by atoms with Gasteiger partial charge < -0.3 is 14.2 Å². The van der Waals surface area contributed by atoms with E-state index in [0.29, 0.717) is 0 Å². The third-order valence-electron chi connectivity index (χ3n) is 2.88. The molecule has 0 spiro atoms. The molecule has 0 atom stereocenters. The predicted molar refractivity (Wildman–Crippen MR) is 75.4 cm³/mol. The number of nitrogens with zero attached hydrogens (tertiary/aromatic N) is 3. The Morgan fingerprint density at radius 3 is 2.13 bits per heavy atom. The second kappa shape index (κ2) is 6.69. The molecule has 0 fully saturated rings. The summed E-state index contributed by atoms with van der Waals surface area (Å²) in [6, 6.07) is 6.25. The van der Waals surface area contributed by atoms with Gasteiger partial charge in [-0.2, -0.15) is 4.98 Å². The summed E-state index contributed by atoms with van der Waals surface area (Å²) < 4.78 is 14.9. The quantitative estimate of drug-likeness (QED) is 0.596. The van der Waals surface area contributed by atoms with Crippen LogP contribution in [0.5, 0.6) is 0 Å². The Bertz CT molecular complexity index is 768. The lowest BCUT2D eigenvalue weighted by molar-refractivity contribution is 0.0574. The molecule has 0 aliphatic heterocycles. The third-order valence-corrected chi connectivity index (χ3v) is 2.88. The molecule has 1 heterocycles. The van der Waals surface area contributed by atoms with E-state index in [2.05, 4.69) is 19.6 Å². The first-order chi connectivity index (χ1) is 11.0. The molecule has 2 aromatic rings. The van der Waals surface area contributed by atoms with Crippen molar-refractivity contribution in [2.45, 2.75) is 0 Å². The van der Waals surface area contributed by atoms with Gasteiger partial charge in [-0.3, -0.25) is 0 Å². The van der Waals surface area contributed by atoms with Crippen LogP contribution in [0.1, 0.15) is 31.6 Å². The van der Waals surface area contributed by atoms with Crippen LogP contribution in [0.2, 0.25) is 0 Å². The summed E-state index contributed by atoms with van der Waals surface area (Å²) in [5, 5.41) is 3.92. The molecule has 0 amide bonds. The molecule has 9 heteroatoms. The maximum atomic E-state index is 11.9. The molecule has 0 N–H and O–H groups in total. The number of carbonyl (C=O) groups is 3. The molecule has 2 rings (SSSR count). The Hall–Kier alpha value is -3.23.